The lowest BCUT2D eigenvalue weighted by Gasteiger charge is -2.13. The number of aromatic nitrogens is 2. The summed E-state index contributed by atoms with van der Waals surface area (Å²) in [5.41, 5.74) is 3.54. The van der Waals surface area contributed by atoms with Gasteiger partial charge in [0.25, 0.3) is 5.91 Å². The Bertz CT molecular complexity index is 864. The molecule has 0 saturated carbocycles. The van der Waals surface area contributed by atoms with Crippen LogP contribution in [-0.4, -0.2) is 15.9 Å². The summed E-state index contributed by atoms with van der Waals surface area (Å²) < 4.78 is 0.964. The third-order valence-electron chi connectivity index (χ3n) is 3.65. The number of amides is 1. The van der Waals surface area contributed by atoms with Crippen LogP contribution in [0.4, 0.5) is 0 Å². The average molecular weight is 402 g/mol. The maximum absolute atomic E-state index is 12.5. The highest BCUT2D eigenvalue weighted by molar-refractivity contribution is 9.10. The van der Waals surface area contributed by atoms with Crippen molar-refractivity contribution in [1.82, 2.24) is 15.3 Å². The fraction of sp³-hybridized carbons (Fsp3) is 0.167. The van der Waals surface area contributed by atoms with Gasteiger partial charge in [-0.3, -0.25) is 9.78 Å². The molecule has 122 valence electrons. The molecule has 1 N–H and O–H groups in total. The maximum atomic E-state index is 12.5. The van der Waals surface area contributed by atoms with E-state index in [1.54, 1.807) is 23.7 Å². The van der Waals surface area contributed by atoms with E-state index in [2.05, 4.69) is 31.2 Å². The van der Waals surface area contributed by atoms with Crippen molar-refractivity contribution in [2.75, 3.05) is 0 Å². The Balaban J connectivity index is 1.74. The van der Waals surface area contributed by atoms with E-state index in [4.69, 9.17) is 0 Å². The van der Waals surface area contributed by atoms with Gasteiger partial charge in [0, 0.05) is 33.4 Å². The van der Waals surface area contributed by atoms with Gasteiger partial charge < -0.3 is 5.32 Å². The van der Waals surface area contributed by atoms with Crippen LogP contribution in [0.1, 0.15) is 33.9 Å². The molecule has 0 aliphatic rings. The second kappa shape index (κ2) is 7.23. The highest BCUT2D eigenvalue weighted by Gasteiger charge is 2.16. The number of carbonyl (C=O) groups excluding carboxylic acids is 1. The van der Waals surface area contributed by atoms with Gasteiger partial charge >= 0.3 is 0 Å². The van der Waals surface area contributed by atoms with Gasteiger partial charge in [0.05, 0.1) is 11.7 Å². The largest absolute Gasteiger partial charge is 0.343 e. The van der Waals surface area contributed by atoms with Gasteiger partial charge in [-0.1, -0.05) is 15.9 Å². The molecular weight excluding hydrogens is 386 g/mol. The van der Waals surface area contributed by atoms with Crippen LogP contribution >= 0.6 is 27.3 Å². The molecule has 4 nitrogen and oxygen atoms in total. The average Bonchev–Trinajstić information content (AvgIpc) is 3.05. The van der Waals surface area contributed by atoms with Crippen LogP contribution in [0, 0.1) is 6.92 Å². The molecule has 0 aliphatic carbocycles. The van der Waals surface area contributed by atoms with E-state index in [1.165, 1.54) is 0 Å². The number of hydrogen-bond acceptors (Lipinski definition) is 4. The number of nitrogens with one attached hydrogen (secondary N) is 1. The van der Waals surface area contributed by atoms with Gasteiger partial charge in [-0.2, -0.15) is 0 Å². The molecule has 0 radical (unpaired) electrons. The van der Waals surface area contributed by atoms with Gasteiger partial charge in [-0.05, 0) is 49.7 Å². The zero-order chi connectivity index (χ0) is 17.1. The summed E-state index contributed by atoms with van der Waals surface area (Å²) in [6, 6.07) is 9.33. The first-order valence-corrected chi connectivity index (χ1v) is 9.14. The second-order valence-electron chi connectivity index (χ2n) is 5.46. The molecule has 1 aromatic carbocycles. The lowest BCUT2D eigenvalue weighted by atomic mass is 10.1. The Morgan fingerprint density at radius 2 is 2.00 bits per heavy atom. The van der Waals surface area contributed by atoms with Gasteiger partial charge in [0.15, 0.2) is 0 Å². The van der Waals surface area contributed by atoms with Gasteiger partial charge in [-0.15, -0.1) is 11.3 Å². The minimum Gasteiger partial charge on any atom is -0.343 e. The molecule has 0 fully saturated rings. The Labute approximate surface area is 153 Å². The second-order valence-corrected chi connectivity index (χ2v) is 7.27. The molecule has 2 aromatic heterocycles. The van der Waals surface area contributed by atoms with Gasteiger partial charge in [0.2, 0.25) is 0 Å². The fourth-order valence-electron chi connectivity index (χ4n) is 2.36. The monoisotopic (exact) mass is 401 g/mol. The first-order valence-electron chi connectivity index (χ1n) is 7.47. The van der Waals surface area contributed by atoms with Crippen LogP contribution < -0.4 is 5.32 Å². The van der Waals surface area contributed by atoms with E-state index in [9.17, 15) is 4.79 Å². The Kier molecular flexibility index (Phi) is 5.06. The molecule has 1 amide bonds. The molecule has 1 atom stereocenters. The number of halogens is 1. The van der Waals surface area contributed by atoms with E-state index < -0.39 is 0 Å². The number of carbonyl (C=O) groups is 1. The number of hydrogen-bond donors (Lipinski definition) is 1. The van der Waals surface area contributed by atoms with E-state index in [-0.39, 0.29) is 11.9 Å². The maximum Gasteiger partial charge on any atom is 0.252 e. The molecule has 24 heavy (non-hydrogen) atoms. The molecule has 0 saturated heterocycles. The van der Waals surface area contributed by atoms with Crippen LogP contribution in [0.25, 0.3) is 11.3 Å². The normalized spacial score (nSPS) is 12.0. The van der Waals surface area contributed by atoms with Crippen LogP contribution in [0.2, 0.25) is 0 Å². The smallest absolute Gasteiger partial charge is 0.252 e. The zero-order valence-corrected chi connectivity index (χ0v) is 15.7. The molecular formula is C18H16BrN3OS. The lowest BCUT2D eigenvalue weighted by Crippen LogP contribution is -2.27. The van der Waals surface area contributed by atoms with Crippen LogP contribution in [0.5, 0.6) is 0 Å². The van der Waals surface area contributed by atoms with E-state index in [0.29, 0.717) is 5.56 Å². The van der Waals surface area contributed by atoms with E-state index in [1.807, 2.05) is 49.6 Å². The Hall–Kier alpha value is -2.05. The molecule has 0 spiro atoms. The number of pyridine rings is 1. The number of rotatable bonds is 4. The van der Waals surface area contributed by atoms with Crippen molar-refractivity contribution in [2.45, 2.75) is 19.9 Å². The highest BCUT2D eigenvalue weighted by Crippen LogP contribution is 2.25. The standard InChI is InChI=1S/C18H16BrN3OS/c1-11-9-14(19)3-4-15(11)17(23)21-12(2)18-22-16(10-24-18)13-5-7-20-8-6-13/h3-10,12H,1-2H3,(H,21,23). The lowest BCUT2D eigenvalue weighted by molar-refractivity contribution is 0.0939. The van der Waals surface area contributed by atoms with Crippen LogP contribution in [0.15, 0.2) is 52.6 Å². The summed E-state index contributed by atoms with van der Waals surface area (Å²) in [5.74, 6) is -0.0897. The van der Waals surface area contributed by atoms with Crippen LogP contribution in [0.3, 0.4) is 0 Å². The molecule has 3 aromatic rings. The predicted octanol–water partition coefficient (Wildman–Crippen LogP) is 4.77. The number of benzene rings is 1. The predicted molar refractivity (Wildman–Crippen MR) is 100 cm³/mol. The minimum absolute atomic E-state index is 0.0897. The molecule has 6 heteroatoms. The van der Waals surface area contributed by atoms with E-state index >= 15 is 0 Å². The summed E-state index contributed by atoms with van der Waals surface area (Å²) in [7, 11) is 0. The molecule has 0 aliphatic heterocycles. The molecule has 3 rings (SSSR count). The third kappa shape index (κ3) is 3.71. The summed E-state index contributed by atoms with van der Waals surface area (Å²) in [4.78, 5) is 21.1. The third-order valence-corrected chi connectivity index (χ3v) is 5.17. The minimum atomic E-state index is -0.152. The fourth-order valence-corrected chi connectivity index (χ4v) is 3.67. The highest BCUT2D eigenvalue weighted by atomic mass is 79.9. The van der Waals surface area contributed by atoms with Crippen molar-refractivity contribution in [3.63, 3.8) is 0 Å². The first kappa shape index (κ1) is 16.8. The van der Waals surface area contributed by atoms with Crippen molar-refractivity contribution in [3.8, 4) is 11.3 Å². The quantitative estimate of drug-likeness (QED) is 0.684. The van der Waals surface area contributed by atoms with Crippen molar-refractivity contribution in [1.29, 1.82) is 0 Å². The topological polar surface area (TPSA) is 54.9 Å². The summed E-state index contributed by atoms with van der Waals surface area (Å²) >= 11 is 4.96. The Morgan fingerprint density at radius 3 is 2.71 bits per heavy atom. The van der Waals surface area contributed by atoms with Crippen molar-refractivity contribution < 1.29 is 4.79 Å². The SMILES string of the molecule is Cc1cc(Br)ccc1C(=O)NC(C)c1nc(-c2ccncc2)cs1. The van der Waals surface area contributed by atoms with Gasteiger partial charge in [0.1, 0.15) is 5.01 Å². The zero-order valence-electron chi connectivity index (χ0n) is 13.3. The number of nitrogens with zero attached hydrogens (tertiary/aromatic N) is 2. The molecule has 0 bridgehead atoms. The van der Waals surface area contributed by atoms with Crippen LogP contribution in [-0.2, 0) is 0 Å². The number of thiazole rings is 1. The molecule has 1 unspecified atom stereocenters. The first-order chi connectivity index (χ1) is 11.5. The van der Waals surface area contributed by atoms with Gasteiger partial charge in [-0.25, -0.2) is 4.98 Å². The Morgan fingerprint density at radius 1 is 1.25 bits per heavy atom. The summed E-state index contributed by atoms with van der Waals surface area (Å²) in [6.07, 6.45) is 3.49. The number of aryl methyl sites for hydroxylation is 1. The van der Waals surface area contributed by atoms with E-state index in [0.717, 1.165) is 26.3 Å². The molecule has 2 heterocycles. The summed E-state index contributed by atoms with van der Waals surface area (Å²) in [6.45, 7) is 3.87. The van der Waals surface area contributed by atoms with Crippen molar-refractivity contribution in [2.24, 2.45) is 0 Å². The van der Waals surface area contributed by atoms with Crippen molar-refractivity contribution in [3.05, 3.63) is 68.7 Å². The van der Waals surface area contributed by atoms with Crippen molar-refractivity contribution >= 4 is 33.2 Å². The summed E-state index contributed by atoms with van der Waals surface area (Å²) in [5, 5.41) is 5.90.